The third kappa shape index (κ3) is 3.11. The highest BCUT2D eigenvalue weighted by molar-refractivity contribution is 5.99. The summed E-state index contributed by atoms with van der Waals surface area (Å²) in [6.45, 7) is 8.46. The van der Waals surface area contributed by atoms with Gasteiger partial charge in [0.15, 0.2) is 5.82 Å². The molecule has 7 nitrogen and oxygen atoms in total. The summed E-state index contributed by atoms with van der Waals surface area (Å²) in [5.41, 5.74) is 0.786. The molecule has 24 heavy (non-hydrogen) atoms. The Morgan fingerprint density at radius 1 is 1.33 bits per heavy atom. The lowest BCUT2D eigenvalue weighted by atomic mass is 9.97. The fraction of sp³-hybridized carbons (Fsp3) is 0.529. The number of fused-ring (bicyclic) bond motifs is 1. The molecule has 1 aliphatic rings. The molecule has 7 heteroatoms. The molecule has 0 spiro atoms. The maximum Gasteiger partial charge on any atom is 0.343 e. The third-order valence-corrected chi connectivity index (χ3v) is 4.01. The van der Waals surface area contributed by atoms with Gasteiger partial charge in [-0.2, -0.15) is 4.98 Å². The highest BCUT2D eigenvalue weighted by Gasteiger charge is 2.39. The minimum Gasteiger partial charge on any atom is -0.451 e. The Labute approximate surface area is 140 Å². The topological polar surface area (TPSA) is 90.1 Å². The van der Waals surface area contributed by atoms with Gasteiger partial charge in [0.25, 0.3) is 0 Å². The van der Waals surface area contributed by atoms with E-state index in [4.69, 9.17) is 9.26 Å². The average molecular weight is 330 g/mol. The van der Waals surface area contributed by atoms with Gasteiger partial charge >= 0.3 is 5.97 Å². The first-order valence-electron chi connectivity index (χ1n) is 8.17. The molecule has 0 amide bonds. The Balaban J connectivity index is 1.60. The lowest BCUT2D eigenvalue weighted by Gasteiger charge is -2.17. The van der Waals surface area contributed by atoms with Gasteiger partial charge in [-0.25, -0.2) is 9.78 Å². The first-order chi connectivity index (χ1) is 11.4. The number of nitrogens with one attached hydrogen (secondary N) is 1. The van der Waals surface area contributed by atoms with Crippen LogP contribution in [0.5, 0.6) is 0 Å². The number of cyclic esters (lactones) is 1. The van der Waals surface area contributed by atoms with E-state index in [-0.39, 0.29) is 11.9 Å². The van der Waals surface area contributed by atoms with Gasteiger partial charge in [-0.05, 0) is 26.3 Å². The first-order valence-corrected chi connectivity index (χ1v) is 8.17. The molecule has 128 valence electrons. The van der Waals surface area contributed by atoms with E-state index in [0.717, 1.165) is 17.8 Å². The molecular weight excluding hydrogens is 308 g/mol. The Morgan fingerprint density at radius 2 is 2.12 bits per heavy atom. The number of rotatable bonds is 6. The van der Waals surface area contributed by atoms with Crippen LogP contribution in [0.1, 0.15) is 67.7 Å². The van der Waals surface area contributed by atoms with E-state index < -0.39 is 5.60 Å². The molecule has 0 saturated carbocycles. The molecular formula is C17H22N4O3. The van der Waals surface area contributed by atoms with Crippen LogP contribution in [0.25, 0.3) is 0 Å². The second-order valence-electron chi connectivity index (χ2n) is 6.71. The van der Waals surface area contributed by atoms with Crippen molar-refractivity contribution in [2.24, 2.45) is 0 Å². The highest BCUT2D eigenvalue weighted by atomic mass is 16.6. The monoisotopic (exact) mass is 330 g/mol. The minimum absolute atomic E-state index is 0.256. The van der Waals surface area contributed by atoms with Gasteiger partial charge in [-0.3, -0.25) is 0 Å². The molecule has 3 rings (SSSR count). The van der Waals surface area contributed by atoms with E-state index in [1.165, 1.54) is 0 Å². The predicted octanol–water partition coefficient (Wildman–Crippen LogP) is 3.04. The van der Waals surface area contributed by atoms with Crippen molar-refractivity contribution >= 4 is 11.8 Å². The predicted molar refractivity (Wildman–Crippen MR) is 87.9 cm³/mol. The van der Waals surface area contributed by atoms with Crippen molar-refractivity contribution in [3.05, 3.63) is 35.1 Å². The molecule has 2 aromatic rings. The van der Waals surface area contributed by atoms with Gasteiger partial charge in [0.2, 0.25) is 5.89 Å². The zero-order chi connectivity index (χ0) is 17.3. The highest BCUT2D eigenvalue weighted by Crippen LogP contribution is 2.38. The van der Waals surface area contributed by atoms with Crippen LogP contribution < -0.4 is 5.32 Å². The lowest BCUT2D eigenvalue weighted by molar-refractivity contribution is 0.00958. The number of nitrogens with zero attached hydrogens (tertiary/aromatic N) is 3. The maximum atomic E-state index is 12.1. The maximum absolute atomic E-state index is 12.1. The zero-order valence-corrected chi connectivity index (χ0v) is 14.4. The number of carbonyl (C=O) groups excluding carboxylic acids is 1. The van der Waals surface area contributed by atoms with Gasteiger partial charge in [0.1, 0.15) is 17.0 Å². The summed E-state index contributed by atoms with van der Waals surface area (Å²) < 4.78 is 10.6. The molecule has 0 atom stereocenters. The largest absolute Gasteiger partial charge is 0.451 e. The van der Waals surface area contributed by atoms with Crippen LogP contribution in [0.2, 0.25) is 0 Å². The first kappa shape index (κ1) is 16.4. The van der Waals surface area contributed by atoms with Crippen molar-refractivity contribution in [1.82, 2.24) is 15.1 Å². The molecule has 0 saturated heterocycles. The zero-order valence-electron chi connectivity index (χ0n) is 14.4. The van der Waals surface area contributed by atoms with E-state index >= 15 is 0 Å². The van der Waals surface area contributed by atoms with Crippen LogP contribution in [-0.4, -0.2) is 27.6 Å². The van der Waals surface area contributed by atoms with E-state index in [0.29, 0.717) is 30.2 Å². The van der Waals surface area contributed by atoms with Gasteiger partial charge in [0.05, 0.1) is 0 Å². The number of hydrogen-bond acceptors (Lipinski definition) is 7. The number of hydrogen-bond donors (Lipinski definition) is 1. The number of aromatic nitrogens is 3. The number of ether oxygens (including phenoxy) is 1. The quantitative estimate of drug-likeness (QED) is 0.643. The molecule has 1 N–H and O–H groups in total. The third-order valence-electron chi connectivity index (χ3n) is 4.01. The number of anilines is 1. The Bertz CT molecular complexity index is 752. The summed E-state index contributed by atoms with van der Waals surface area (Å²) in [6, 6.07) is 1.83. The van der Waals surface area contributed by atoms with Gasteiger partial charge in [0, 0.05) is 30.6 Å². The van der Waals surface area contributed by atoms with Crippen molar-refractivity contribution in [2.45, 2.75) is 52.1 Å². The van der Waals surface area contributed by atoms with Crippen LogP contribution in [0.3, 0.4) is 0 Å². The van der Waals surface area contributed by atoms with E-state index in [9.17, 15) is 4.79 Å². The number of esters is 1. The molecule has 1 aliphatic heterocycles. The van der Waals surface area contributed by atoms with Crippen molar-refractivity contribution in [2.75, 3.05) is 11.9 Å². The van der Waals surface area contributed by atoms with Crippen molar-refractivity contribution in [3.8, 4) is 0 Å². The van der Waals surface area contributed by atoms with Crippen LogP contribution in [0, 0.1) is 0 Å². The van der Waals surface area contributed by atoms with Crippen molar-refractivity contribution < 1.29 is 14.1 Å². The van der Waals surface area contributed by atoms with Crippen LogP contribution >= 0.6 is 0 Å². The molecule has 0 fully saturated rings. The molecule has 3 heterocycles. The molecule has 0 aromatic carbocycles. The number of carbonyl (C=O) groups is 1. The molecule has 0 radical (unpaired) electrons. The normalized spacial score (nSPS) is 15.5. The van der Waals surface area contributed by atoms with Crippen molar-refractivity contribution in [1.29, 1.82) is 0 Å². The number of pyridine rings is 1. The Kier molecular flexibility index (Phi) is 4.26. The summed E-state index contributed by atoms with van der Waals surface area (Å²) in [4.78, 5) is 20.7. The van der Waals surface area contributed by atoms with Crippen LogP contribution in [0.15, 0.2) is 16.8 Å². The Morgan fingerprint density at radius 3 is 2.83 bits per heavy atom. The molecule has 0 bridgehead atoms. The lowest BCUT2D eigenvalue weighted by Crippen LogP contribution is -2.15. The van der Waals surface area contributed by atoms with E-state index in [1.54, 1.807) is 6.20 Å². The fourth-order valence-corrected chi connectivity index (χ4v) is 2.69. The van der Waals surface area contributed by atoms with Gasteiger partial charge < -0.3 is 14.6 Å². The summed E-state index contributed by atoms with van der Waals surface area (Å²) >= 11 is 0. The molecule has 2 aromatic heterocycles. The summed E-state index contributed by atoms with van der Waals surface area (Å²) in [6.07, 6.45) is 3.17. The van der Waals surface area contributed by atoms with E-state index in [2.05, 4.69) is 20.4 Å². The second kappa shape index (κ2) is 6.22. The standard InChI is InChI=1S/C17H22N4O3/c1-10(2)14-20-12(24-21-14)6-5-8-18-15-13-11(7-9-19-15)17(3,4)23-16(13)22/h7,9-10H,5-6,8H2,1-4H3,(H,18,19). The minimum atomic E-state index is -0.608. The number of aryl methyl sites for hydroxylation is 1. The summed E-state index contributed by atoms with van der Waals surface area (Å²) in [5, 5.41) is 7.16. The van der Waals surface area contributed by atoms with Crippen molar-refractivity contribution in [3.63, 3.8) is 0 Å². The summed E-state index contributed by atoms with van der Waals surface area (Å²) in [7, 11) is 0. The smallest absolute Gasteiger partial charge is 0.343 e. The van der Waals surface area contributed by atoms with Crippen LogP contribution in [-0.2, 0) is 16.8 Å². The summed E-state index contributed by atoms with van der Waals surface area (Å²) in [5.74, 6) is 1.85. The van der Waals surface area contributed by atoms with Gasteiger partial charge in [-0.15, -0.1) is 0 Å². The van der Waals surface area contributed by atoms with E-state index in [1.807, 2.05) is 33.8 Å². The molecule has 0 aliphatic carbocycles. The second-order valence-corrected chi connectivity index (χ2v) is 6.71. The fourth-order valence-electron chi connectivity index (χ4n) is 2.69. The Hall–Kier alpha value is -2.44. The SMILES string of the molecule is CC(C)c1noc(CCCNc2nccc3c2C(=O)OC3(C)C)n1. The van der Waals surface area contributed by atoms with Gasteiger partial charge in [-0.1, -0.05) is 19.0 Å². The van der Waals surface area contributed by atoms with Crippen LogP contribution in [0.4, 0.5) is 5.82 Å². The average Bonchev–Trinajstić information content (AvgIpc) is 3.08. The molecule has 0 unspecified atom stereocenters.